The zero-order valence-corrected chi connectivity index (χ0v) is 10.9. The average molecular weight is 269 g/mol. The van der Waals surface area contributed by atoms with Crippen LogP contribution >= 0.6 is 11.6 Å². The van der Waals surface area contributed by atoms with E-state index in [2.05, 4.69) is 4.98 Å². The second-order valence-electron chi connectivity index (χ2n) is 4.64. The van der Waals surface area contributed by atoms with Gasteiger partial charge in [0.05, 0.1) is 5.56 Å². The molecule has 1 N–H and O–H groups in total. The van der Waals surface area contributed by atoms with Gasteiger partial charge in [0.2, 0.25) is 0 Å². The van der Waals surface area contributed by atoms with E-state index in [-0.39, 0.29) is 12.5 Å². The van der Waals surface area contributed by atoms with E-state index in [0.717, 1.165) is 32.4 Å². The summed E-state index contributed by atoms with van der Waals surface area (Å²) in [5.41, 5.74) is 0.573. The van der Waals surface area contributed by atoms with Gasteiger partial charge in [0.25, 0.3) is 5.91 Å². The van der Waals surface area contributed by atoms with E-state index in [1.807, 2.05) is 4.90 Å². The van der Waals surface area contributed by atoms with E-state index in [9.17, 15) is 4.79 Å². The molecular formula is C13H17ClN2O2. The number of hydrogen-bond acceptors (Lipinski definition) is 3. The van der Waals surface area contributed by atoms with Crippen molar-refractivity contribution in [3.8, 4) is 0 Å². The van der Waals surface area contributed by atoms with Crippen molar-refractivity contribution in [2.24, 2.45) is 5.92 Å². The molecular weight excluding hydrogens is 252 g/mol. The Bertz CT molecular complexity index is 406. The lowest BCUT2D eigenvalue weighted by Crippen LogP contribution is -2.40. The Morgan fingerprint density at radius 1 is 1.56 bits per heavy atom. The number of nitrogens with zero attached hydrogens (tertiary/aromatic N) is 2. The van der Waals surface area contributed by atoms with E-state index in [1.165, 1.54) is 6.20 Å². The smallest absolute Gasteiger partial charge is 0.255 e. The lowest BCUT2D eigenvalue weighted by molar-refractivity contribution is 0.0653. The number of aromatic nitrogens is 1. The summed E-state index contributed by atoms with van der Waals surface area (Å²) in [6.45, 7) is 1.70. The molecule has 1 atom stereocenters. The zero-order valence-electron chi connectivity index (χ0n) is 10.2. The van der Waals surface area contributed by atoms with Gasteiger partial charge in [-0.2, -0.15) is 0 Å². The molecule has 1 fully saturated rings. The van der Waals surface area contributed by atoms with Gasteiger partial charge in [0.1, 0.15) is 5.15 Å². The predicted octanol–water partition coefficient (Wildman–Crippen LogP) is 1.97. The summed E-state index contributed by atoms with van der Waals surface area (Å²) in [6, 6.07) is 3.33. The minimum Gasteiger partial charge on any atom is -0.396 e. The van der Waals surface area contributed by atoms with Crippen LogP contribution in [0.4, 0.5) is 0 Å². The van der Waals surface area contributed by atoms with Crippen molar-refractivity contribution in [2.45, 2.75) is 19.3 Å². The van der Waals surface area contributed by atoms with Crippen LogP contribution in [0.2, 0.25) is 5.15 Å². The number of likely N-dealkylation sites (tertiary alicyclic amines) is 1. The number of aliphatic hydroxyl groups excluding tert-OH is 1. The highest BCUT2D eigenvalue weighted by molar-refractivity contribution is 6.29. The minimum atomic E-state index is 0.00167. The highest BCUT2D eigenvalue weighted by Crippen LogP contribution is 2.21. The second kappa shape index (κ2) is 6.16. The largest absolute Gasteiger partial charge is 0.396 e. The molecule has 0 aromatic carbocycles. The van der Waals surface area contributed by atoms with E-state index in [0.29, 0.717) is 16.6 Å². The van der Waals surface area contributed by atoms with Crippen LogP contribution in [0.3, 0.4) is 0 Å². The van der Waals surface area contributed by atoms with Crippen molar-refractivity contribution in [3.63, 3.8) is 0 Å². The molecule has 0 spiro atoms. The first-order valence-electron chi connectivity index (χ1n) is 6.22. The van der Waals surface area contributed by atoms with Gasteiger partial charge in [-0.25, -0.2) is 4.98 Å². The Labute approximate surface area is 112 Å². The van der Waals surface area contributed by atoms with Gasteiger partial charge in [0.15, 0.2) is 0 Å². The topological polar surface area (TPSA) is 53.4 Å². The Hall–Kier alpha value is -1.13. The van der Waals surface area contributed by atoms with Crippen LogP contribution in [-0.4, -0.2) is 40.6 Å². The second-order valence-corrected chi connectivity index (χ2v) is 5.03. The normalized spacial score (nSPS) is 19.9. The molecule has 2 heterocycles. The monoisotopic (exact) mass is 268 g/mol. The molecule has 1 aromatic rings. The molecule has 0 saturated carbocycles. The molecule has 0 radical (unpaired) electrons. The van der Waals surface area contributed by atoms with Gasteiger partial charge in [0, 0.05) is 25.9 Å². The number of hydrogen-bond donors (Lipinski definition) is 1. The summed E-state index contributed by atoms with van der Waals surface area (Å²) in [5.74, 6) is 0.412. The number of carbonyl (C=O) groups is 1. The molecule has 1 aliphatic rings. The van der Waals surface area contributed by atoms with Gasteiger partial charge >= 0.3 is 0 Å². The fourth-order valence-corrected chi connectivity index (χ4v) is 2.46. The average Bonchev–Trinajstić information content (AvgIpc) is 2.39. The van der Waals surface area contributed by atoms with Crippen LogP contribution in [-0.2, 0) is 0 Å². The van der Waals surface area contributed by atoms with E-state index >= 15 is 0 Å². The molecule has 18 heavy (non-hydrogen) atoms. The third-order valence-corrected chi connectivity index (χ3v) is 3.54. The highest BCUT2D eigenvalue weighted by atomic mass is 35.5. The molecule has 1 aliphatic heterocycles. The van der Waals surface area contributed by atoms with Crippen LogP contribution in [0, 0.1) is 5.92 Å². The van der Waals surface area contributed by atoms with Gasteiger partial charge < -0.3 is 10.0 Å². The third-order valence-electron chi connectivity index (χ3n) is 3.32. The number of carbonyl (C=O) groups excluding carboxylic acids is 1. The molecule has 1 unspecified atom stereocenters. The van der Waals surface area contributed by atoms with Crippen LogP contribution < -0.4 is 0 Å². The van der Waals surface area contributed by atoms with Gasteiger partial charge in [-0.05, 0) is 37.3 Å². The Morgan fingerprint density at radius 3 is 3.06 bits per heavy atom. The van der Waals surface area contributed by atoms with Crippen molar-refractivity contribution in [3.05, 3.63) is 29.0 Å². The fourth-order valence-electron chi connectivity index (χ4n) is 2.35. The van der Waals surface area contributed by atoms with Gasteiger partial charge in [-0.1, -0.05) is 11.6 Å². The van der Waals surface area contributed by atoms with Crippen LogP contribution in [0.1, 0.15) is 29.6 Å². The lowest BCUT2D eigenvalue weighted by Gasteiger charge is -2.32. The summed E-state index contributed by atoms with van der Waals surface area (Å²) >= 11 is 5.70. The molecule has 1 saturated heterocycles. The van der Waals surface area contributed by atoms with Crippen molar-refractivity contribution in [1.82, 2.24) is 9.88 Å². The molecule has 2 rings (SSSR count). The lowest BCUT2D eigenvalue weighted by atomic mass is 9.95. The number of piperidine rings is 1. The first kappa shape index (κ1) is 13.3. The Morgan fingerprint density at radius 2 is 2.39 bits per heavy atom. The zero-order chi connectivity index (χ0) is 13.0. The Kier molecular flexibility index (Phi) is 4.55. The number of aliphatic hydroxyl groups is 1. The van der Waals surface area contributed by atoms with Crippen molar-refractivity contribution in [2.75, 3.05) is 19.7 Å². The summed E-state index contributed by atoms with van der Waals surface area (Å²) in [7, 11) is 0. The number of halogens is 1. The standard InChI is InChI=1S/C13H17ClN2O2/c14-12-4-3-11(8-15-12)13(18)16-6-1-2-10(9-16)5-7-17/h3-4,8,10,17H,1-2,5-7,9H2. The van der Waals surface area contributed by atoms with E-state index in [1.54, 1.807) is 12.1 Å². The molecule has 1 aromatic heterocycles. The van der Waals surface area contributed by atoms with Crippen molar-refractivity contribution in [1.29, 1.82) is 0 Å². The maximum atomic E-state index is 12.2. The van der Waals surface area contributed by atoms with Crippen molar-refractivity contribution < 1.29 is 9.90 Å². The molecule has 1 amide bonds. The SMILES string of the molecule is O=C(c1ccc(Cl)nc1)N1CCCC(CCO)C1. The van der Waals surface area contributed by atoms with Crippen LogP contribution in [0.25, 0.3) is 0 Å². The van der Waals surface area contributed by atoms with Crippen LogP contribution in [0.5, 0.6) is 0 Å². The first-order valence-corrected chi connectivity index (χ1v) is 6.60. The van der Waals surface area contributed by atoms with Crippen LogP contribution in [0.15, 0.2) is 18.3 Å². The number of rotatable bonds is 3. The predicted molar refractivity (Wildman–Crippen MR) is 69.6 cm³/mol. The summed E-state index contributed by atoms with van der Waals surface area (Å²) < 4.78 is 0. The maximum absolute atomic E-state index is 12.2. The summed E-state index contributed by atoms with van der Waals surface area (Å²) in [6.07, 6.45) is 4.36. The fraction of sp³-hybridized carbons (Fsp3) is 0.538. The Balaban J connectivity index is 2.02. The van der Waals surface area contributed by atoms with E-state index in [4.69, 9.17) is 16.7 Å². The van der Waals surface area contributed by atoms with Crippen molar-refractivity contribution >= 4 is 17.5 Å². The van der Waals surface area contributed by atoms with Gasteiger partial charge in [-0.15, -0.1) is 0 Å². The molecule has 0 bridgehead atoms. The van der Waals surface area contributed by atoms with E-state index < -0.39 is 0 Å². The highest BCUT2D eigenvalue weighted by Gasteiger charge is 2.24. The molecule has 4 nitrogen and oxygen atoms in total. The maximum Gasteiger partial charge on any atom is 0.255 e. The number of pyridine rings is 1. The molecule has 5 heteroatoms. The minimum absolute atomic E-state index is 0.00167. The summed E-state index contributed by atoms with van der Waals surface area (Å²) in [5, 5.41) is 9.35. The summed E-state index contributed by atoms with van der Waals surface area (Å²) in [4.78, 5) is 18.0. The van der Waals surface area contributed by atoms with Gasteiger partial charge in [-0.3, -0.25) is 4.79 Å². The number of amides is 1. The quantitative estimate of drug-likeness (QED) is 0.853. The molecule has 0 aliphatic carbocycles. The molecule has 98 valence electrons. The third kappa shape index (κ3) is 3.21. The first-order chi connectivity index (χ1) is 8.70.